The fourth-order valence-corrected chi connectivity index (χ4v) is 5.00. The van der Waals surface area contributed by atoms with Gasteiger partial charge in [-0.05, 0) is 35.3 Å². The summed E-state index contributed by atoms with van der Waals surface area (Å²) >= 11 is 0. The van der Waals surface area contributed by atoms with Crippen molar-refractivity contribution in [3.63, 3.8) is 0 Å². The molecule has 0 atom stereocenters. The summed E-state index contributed by atoms with van der Waals surface area (Å²) in [6.07, 6.45) is -7.29. The predicted molar refractivity (Wildman–Crippen MR) is 109 cm³/mol. The van der Waals surface area contributed by atoms with Crippen molar-refractivity contribution in [1.82, 2.24) is 0 Å². The highest BCUT2D eigenvalue weighted by Crippen LogP contribution is 2.55. The second-order valence-electron chi connectivity index (χ2n) is 10.3. The molecule has 3 nitrogen and oxygen atoms in total. The maximum absolute atomic E-state index is 15.1. The lowest BCUT2D eigenvalue weighted by Crippen LogP contribution is -2.45. The van der Waals surface area contributed by atoms with Gasteiger partial charge in [0.1, 0.15) is 12.0 Å². The first-order valence-electron chi connectivity index (χ1n) is 10.6. The number of fused-ring (bicyclic) bond motifs is 2. The Balaban J connectivity index is 2.11. The Kier molecular flexibility index (Phi) is 4.98. The van der Waals surface area contributed by atoms with E-state index in [1.165, 1.54) is 6.07 Å². The zero-order valence-electron chi connectivity index (χ0n) is 18.6. The van der Waals surface area contributed by atoms with Crippen LogP contribution in [0.2, 0.25) is 0 Å². The molecule has 2 aliphatic rings. The summed E-state index contributed by atoms with van der Waals surface area (Å²) in [6, 6.07) is 1.48. The van der Waals surface area contributed by atoms with Crippen LogP contribution in [0.15, 0.2) is 21.3 Å². The highest BCUT2D eigenvalue weighted by atomic mass is 19.4. The Bertz CT molecular complexity index is 1180. The van der Waals surface area contributed by atoms with Crippen LogP contribution in [-0.4, -0.2) is 25.2 Å². The van der Waals surface area contributed by atoms with Gasteiger partial charge in [0.15, 0.2) is 0 Å². The molecule has 0 unspecified atom stereocenters. The topological polar surface area (TPSA) is 33.5 Å². The minimum atomic E-state index is -5.53. The lowest BCUT2D eigenvalue weighted by Gasteiger charge is -2.48. The number of hydrogen-bond acceptors (Lipinski definition) is 3. The van der Waals surface area contributed by atoms with Crippen molar-refractivity contribution in [2.75, 3.05) is 18.0 Å². The number of anilines is 1. The van der Waals surface area contributed by atoms with Crippen LogP contribution in [0.1, 0.15) is 63.6 Å². The van der Waals surface area contributed by atoms with Gasteiger partial charge in [0.05, 0.1) is 0 Å². The molecular weight excluding hydrogens is 455 g/mol. The van der Waals surface area contributed by atoms with Crippen molar-refractivity contribution >= 4 is 16.7 Å². The molecule has 0 radical (unpaired) electrons. The summed E-state index contributed by atoms with van der Waals surface area (Å²) in [7, 11) is 0. The average molecular weight is 479 g/mol. The molecule has 0 saturated heterocycles. The molecule has 1 aromatic carbocycles. The van der Waals surface area contributed by atoms with Gasteiger partial charge in [0, 0.05) is 41.4 Å². The van der Waals surface area contributed by atoms with Gasteiger partial charge < -0.3 is 9.32 Å². The van der Waals surface area contributed by atoms with Crippen molar-refractivity contribution in [3.05, 3.63) is 39.2 Å². The first kappa shape index (κ1) is 23.9. The third-order valence-corrected chi connectivity index (χ3v) is 6.96. The predicted octanol–water partition coefficient (Wildman–Crippen LogP) is 6.64. The summed E-state index contributed by atoms with van der Waals surface area (Å²) in [4.78, 5) is 14.3. The van der Waals surface area contributed by atoms with Crippen molar-refractivity contribution < 1.29 is 35.2 Å². The van der Waals surface area contributed by atoms with E-state index in [4.69, 9.17) is 4.42 Å². The van der Waals surface area contributed by atoms with Crippen LogP contribution in [0, 0.1) is 0 Å². The minimum absolute atomic E-state index is 0.190. The molecule has 4 rings (SSSR count). The zero-order valence-corrected chi connectivity index (χ0v) is 18.6. The van der Waals surface area contributed by atoms with E-state index in [0.29, 0.717) is 37.1 Å². The van der Waals surface area contributed by atoms with Gasteiger partial charge in [0.25, 0.3) is 0 Å². The monoisotopic (exact) mass is 479 g/mol. The molecule has 0 spiro atoms. The molecule has 0 saturated carbocycles. The molecular formula is C23H24F7NO2. The molecule has 2 aromatic rings. The molecule has 3 heterocycles. The summed E-state index contributed by atoms with van der Waals surface area (Å²) < 4.78 is 102. The Morgan fingerprint density at radius 1 is 0.939 bits per heavy atom. The number of benzene rings is 1. The molecule has 182 valence electrons. The van der Waals surface area contributed by atoms with Gasteiger partial charge >= 0.3 is 23.6 Å². The Hall–Kier alpha value is -2.26. The second kappa shape index (κ2) is 6.88. The number of hydrogen-bond donors (Lipinski definition) is 0. The van der Waals surface area contributed by atoms with Crippen LogP contribution in [0.3, 0.4) is 0 Å². The first-order valence-corrected chi connectivity index (χ1v) is 10.6. The highest BCUT2D eigenvalue weighted by Gasteiger charge is 2.62. The van der Waals surface area contributed by atoms with Crippen molar-refractivity contribution in [2.24, 2.45) is 0 Å². The lowest BCUT2D eigenvalue weighted by molar-refractivity contribution is -0.268. The van der Waals surface area contributed by atoms with Gasteiger partial charge in [-0.1, -0.05) is 27.7 Å². The first-order chi connectivity index (χ1) is 14.9. The Morgan fingerprint density at radius 3 is 2.09 bits per heavy atom. The SMILES string of the molecule is CC1(C)CCN2CCC(C)(C)c3c2c1cc1c(C(F)(F)C(F)(F)CC(F)(F)F)cc(=O)oc31. The van der Waals surface area contributed by atoms with E-state index >= 15 is 8.78 Å². The maximum atomic E-state index is 15.1. The molecule has 0 N–H and O–H groups in total. The fourth-order valence-electron chi connectivity index (χ4n) is 5.00. The Morgan fingerprint density at radius 2 is 1.52 bits per heavy atom. The van der Waals surface area contributed by atoms with E-state index in [1.807, 2.05) is 27.7 Å². The van der Waals surface area contributed by atoms with E-state index in [0.717, 1.165) is 5.69 Å². The minimum Gasteiger partial charge on any atom is -0.422 e. The van der Waals surface area contributed by atoms with Gasteiger partial charge in [-0.15, -0.1) is 0 Å². The third kappa shape index (κ3) is 3.69. The second-order valence-corrected chi connectivity index (χ2v) is 10.3. The lowest BCUT2D eigenvalue weighted by atomic mass is 9.69. The molecule has 0 fully saturated rings. The number of rotatable bonds is 3. The van der Waals surface area contributed by atoms with Crippen LogP contribution in [0.5, 0.6) is 0 Å². The van der Waals surface area contributed by atoms with Gasteiger partial charge in [-0.3, -0.25) is 0 Å². The van der Waals surface area contributed by atoms with E-state index in [2.05, 4.69) is 4.90 Å². The molecule has 0 amide bonds. The number of alkyl halides is 7. The molecule has 0 aliphatic carbocycles. The fraction of sp³-hybridized carbons (Fsp3) is 0.609. The van der Waals surface area contributed by atoms with Gasteiger partial charge in [0.2, 0.25) is 0 Å². The number of halogens is 7. The largest absolute Gasteiger partial charge is 0.422 e. The summed E-state index contributed by atoms with van der Waals surface area (Å²) in [5.41, 5.74) is -2.41. The summed E-state index contributed by atoms with van der Waals surface area (Å²) in [5.74, 6) is -10.7. The Labute approximate surface area is 185 Å². The van der Waals surface area contributed by atoms with Gasteiger partial charge in [-0.2, -0.15) is 30.7 Å². The maximum Gasteiger partial charge on any atom is 0.395 e. The van der Waals surface area contributed by atoms with Crippen molar-refractivity contribution in [1.29, 1.82) is 0 Å². The standard InChI is InChI=1S/C23H24F7NO2/c1-19(2)5-7-31-8-6-20(3,4)16-17(31)14(19)9-12-13(10-15(32)33-18(12)16)23(29,30)21(24,25)11-22(26,27)28/h9-10H,5-8,11H2,1-4H3. The quantitative estimate of drug-likeness (QED) is 0.366. The van der Waals surface area contributed by atoms with Crippen LogP contribution in [0.25, 0.3) is 11.0 Å². The molecule has 1 aromatic heterocycles. The van der Waals surface area contributed by atoms with E-state index in [9.17, 15) is 26.7 Å². The third-order valence-electron chi connectivity index (χ3n) is 6.96. The number of nitrogens with zero attached hydrogens (tertiary/aromatic N) is 1. The van der Waals surface area contributed by atoms with E-state index in [-0.39, 0.29) is 11.6 Å². The highest BCUT2D eigenvalue weighted by molar-refractivity contribution is 5.93. The smallest absolute Gasteiger partial charge is 0.395 e. The molecule has 0 bridgehead atoms. The van der Waals surface area contributed by atoms with Crippen molar-refractivity contribution in [3.8, 4) is 0 Å². The van der Waals surface area contributed by atoms with Crippen LogP contribution < -0.4 is 10.5 Å². The van der Waals surface area contributed by atoms with Crippen LogP contribution in [-0.2, 0) is 16.8 Å². The summed E-state index contributed by atoms with van der Waals surface area (Å²) in [5, 5.41) is -0.458. The normalized spacial score (nSPS) is 20.2. The van der Waals surface area contributed by atoms with Crippen molar-refractivity contribution in [2.45, 2.75) is 75.8 Å². The van der Waals surface area contributed by atoms with E-state index in [1.54, 1.807) is 0 Å². The zero-order chi connectivity index (χ0) is 24.8. The van der Waals surface area contributed by atoms with E-state index < -0.39 is 51.8 Å². The molecule has 10 heteroatoms. The molecule has 33 heavy (non-hydrogen) atoms. The van der Waals surface area contributed by atoms with Crippen LogP contribution >= 0.6 is 0 Å². The average Bonchev–Trinajstić information content (AvgIpc) is 2.62. The van der Waals surface area contributed by atoms with Crippen LogP contribution in [0.4, 0.5) is 36.4 Å². The molecule has 2 aliphatic heterocycles. The summed E-state index contributed by atoms with van der Waals surface area (Å²) in [6.45, 7) is 8.82. The van der Waals surface area contributed by atoms with Gasteiger partial charge in [-0.25, -0.2) is 4.79 Å².